The maximum Gasteiger partial charge on any atom is 0.314 e. The molecular formula is C11H23N3O2. The van der Waals surface area contributed by atoms with Crippen LogP contribution in [0.2, 0.25) is 0 Å². The summed E-state index contributed by atoms with van der Waals surface area (Å²) in [4.78, 5) is 13.6. The molecule has 0 aromatic heterocycles. The molecule has 0 aromatic carbocycles. The fourth-order valence-corrected chi connectivity index (χ4v) is 1.63. The summed E-state index contributed by atoms with van der Waals surface area (Å²) in [6.45, 7) is 8.28. The molecule has 1 saturated heterocycles. The van der Waals surface area contributed by atoms with Gasteiger partial charge in [-0.2, -0.15) is 0 Å². The van der Waals surface area contributed by atoms with Gasteiger partial charge in [0.1, 0.15) is 0 Å². The maximum absolute atomic E-state index is 11.2. The van der Waals surface area contributed by atoms with Gasteiger partial charge < -0.3 is 15.4 Å². The monoisotopic (exact) mass is 229 g/mol. The van der Waals surface area contributed by atoms with E-state index in [4.69, 9.17) is 4.74 Å². The molecule has 1 aliphatic rings. The Morgan fingerprint density at radius 3 is 2.62 bits per heavy atom. The van der Waals surface area contributed by atoms with E-state index in [2.05, 4.69) is 15.5 Å². The highest BCUT2D eigenvalue weighted by Gasteiger charge is 2.09. The van der Waals surface area contributed by atoms with Crippen molar-refractivity contribution >= 4 is 6.03 Å². The van der Waals surface area contributed by atoms with E-state index in [1.54, 1.807) is 0 Å². The van der Waals surface area contributed by atoms with Crippen LogP contribution < -0.4 is 10.6 Å². The predicted molar refractivity (Wildman–Crippen MR) is 63.6 cm³/mol. The normalized spacial score (nSPS) is 17.1. The number of carbonyl (C=O) groups excluding carboxylic acids is 1. The van der Waals surface area contributed by atoms with Crippen molar-refractivity contribution in [3.05, 3.63) is 0 Å². The summed E-state index contributed by atoms with van der Waals surface area (Å²) in [6.07, 6.45) is 1.97. The van der Waals surface area contributed by atoms with Gasteiger partial charge in [-0.25, -0.2) is 4.79 Å². The third kappa shape index (κ3) is 5.92. The molecule has 0 saturated carbocycles. The number of ether oxygens (including phenoxy) is 1. The number of urea groups is 1. The Morgan fingerprint density at radius 2 is 1.94 bits per heavy atom. The number of hydrogen-bond donors (Lipinski definition) is 2. The van der Waals surface area contributed by atoms with Crippen LogP contribution in [0.3, 0.4) is 0 Å². The van der Waals surface area contributed by atoms with Crippen molar-refractivity contribution in [3.63, 3.8) is 0 Å². The Hall–Kier alpha value is -0.810. The van der Waals surface area contributed by atoms with Gasteiger partial charge in [0.05, 0.1) is 13.2 Å². The molecule has 1 fully saturated rings. The average molecular weight is 229 g/mol. The van der Waals surface area contributed by atoms with Gasteiger partial charge >= 0.3 is 6.03 Å². The van der Waals surface area contributed by atoms with E-state index in [1.165, 1.54) is 0 Å². The van der Waals surface area contributed by atoms with Crippen LogP contribution in [0, 0.1) is 0 Å². The molecule has 5 nitrogen and oxygen atoms in total. The molecular weight excluding hydrogens is 206 g/mol. The molecule has 0 spiro atoms. The molecule has 1 rings (SSSR count). The first-order valence-corrected chi connectivity index (χ1v) is 6.14. The lowest BCUT2D eigenvalue weighted by Gasteiger charge is -2.26. The summed E-state index contributed by atoms with van der Waals surface area (Å²) in [6, 6.07) is -0.0520. The Morgan fingerprint density at radius 1 is 1.25 bits per heavy atom. The lowest BCUT2D eigenvalue weighted by Crippen LogP contribution is -2.40. The summed E-state index contributed by atoms with van der Waals surface area (Å²) in [5.74, 6) is 0. The Kier molecular flexibility index (Phi) is 6.92. The van der Waals surface area contributed by atoms with Gasteiger partial charge in [-0.05, 0) is 19.4 Å². The van der Waals surface area contributed by atoms with Crippen molar-refractivity contribution in [1.82, 2.24) is 15.5 Å². The second kappa shape index (κ2) is 8.35. The molecule has 2 amide bonds. The summed E-state index contributed by atoms with van der Waals surface area (Å²) >= 11 is 0. The van der Waals surface area contributed by atoms with Crippen LogP contribution >= 0.6 is 0 Å². The lowest BCUT2D eigenvalue weighted by atomic mass is 10.3. The molecule has 0 unspecified atom stereocenters. The van der Waals surface area contributed by atoms with Gasteiger partial charge in [-0.3, -0.25) is 4.90 Å². The van der Waals surface area contributed by atoms with E-state index in [9.17, 15) is 4.79 Å². The van der Waals surface area contributed by atoms with Crippen molar-refractivity contribution in [2.24, 2.45) is 0 Å². The molecule has 0 atom stereocenters. The summed E-state index contributed by atoms with van der Waals surface area (Å²) in [5, 5.41) is 5.64. The van der Waals surface area contributed by atoms with Crippen molar-refractivity contribution in [2.45, 2.75) is 19.8 Å². The minimum absolute atomic E-state index is 0.0520. The van der Waals surface area contributed by atoms with E-state index in [-0.39, 0.29) is 6.03 Å². The highest BCUT2D eigenvalue weighted by atomic mass is 16.5. The molecule has 5 heteroatoms. The molecule has 2 N–H and O–H groups in total. The van der Waals surface area contributed by atoms with Gasteiger partial charge in [-0.1, -0.05) is 6.92 Å². The van der Waals surface area contributed by atoms with Crippen LogP contribution in [0.5, 0.6) is 0 Å². The van der Waals surface area contributed by atoms with Crippen LogP contribution in [-0.2, 0) is 4.74 Å². The largest absolute Gasteiger partial charge is 0.379 e. The fourth-order valence-electron chi connectivity index (χ4n) is 1.63. The number of hydrogen-bond acceptors (Lipinski definition) is 3. The minimum Gasteiger partial charge on any atom is -0.379 e. The molecule has 1 heterocycles. The first-order chi connectivity index (χ1) is 7.83. The predicted octanol–water partition coefficient (Wildman–Crippen LogP) is 0.418. The molecule has 0 aromatic rings. The lowest BCUT2D eigenvalue weighted by molar-refractivity contribution is 0.0375. The highest BCUT2D eigenvalue weighted by molar-refractivity contribution is 5.73. The summed E-state index contributed by atoms with van der Waals surface area (Å²) < 4.78 is 5.27. The SMILES string of the molecule is CCCNC(=O)NCCCN1CCOCC1. The van der Waals surface area contributed by atoms with Gasteiger partial charge in [0.2, 0.25) is 0 Å². The topological polar surface area (TPSA) is 53.6 Å². The second-order valence-corrected chi connectivity index (χ2v) is 3.99. The molecule has 94 valence electrons. The zero-order chi connectivity index (χ0) is 11.6. The van der Waals surface area contributed by atoms with Gasteiger partial charge in [0, 0.05) is 26.2 Å². The Bertz CT molecular complexity index is 194. The first-order valence-electron chi connectivity index (χ1n) is 6.14. The van der Waals surface area contributed by atoms with Gasteiger partial charge in [0.15, 0.2) is 0 Å². The molecule has 0 radical (unpaired) electrons. The quantitative estimate of drug-likeness (QED) is 0.649. The van der Waals surface area contributed by atoms with E-state index < -0.39 is 0 Å². The Balaban J connectivity index is 1.92. The van der Waals surface area contributed by atoms with Crippen molar-refractivity contribution in [3.8, 4) is 0 Å². The number of nitrogens with zero attached hydrogens (tertiary/aromatic N) is 1. The van der Waals surface area contributed by atoms with Crippen molar-refractivity contribution in [1.29, 1.82) is 0 Å². The van der Waals surface area contributed by atoms with E-state index in [1.807, 2.05) is 6.92 Å². The third-order valence-corrected chi connectivity index (χ3v) is 2.58. The number of morpholine rings is 1. The number of nitrogens with one attached hydrogen (secondary N) is 2. The smallest absolute Gasteiger partial charge is 0.314 e. The molecule has 1 aliphatic heterocycles. The summed E-state index contributed by atoms with van der Waals surface area (Å²) in [7, 11) is 0. The Labute approximate surface area is 97.5 Å². The van der Waals surface area contributed by atoms with E-state index >= 15 is 0 Å². The van der Waals surface area contributed by atoms with Gasteiger partial charge in [0.25, 0.3) is 0 Å². The van der Waals surface area contributed by atoms with Crippen molar-refractivity contribution in [2.75, 3.05) is 45.9 Å². The van der Waals surface area contributed by atoms with Crippen LogP contribution in [0.1, 0.15) is 19.8 Å². The number of carbonyl (C=O) groups is 1. The minimum atomic E-state index is -0.0520. The maximum atomic E-state index is 11.2. The average Bonchev–Trinajstić information content (AvgIpc) is 2.33. The van der Waals surface area contributed by atoms with Crippen LogP contribution in [0.15, 0.2) is 0 Å². The second-order valence-electron chi connectivity index (χ2n) is 3.99. The highest BCUT2D eigenvalue weighted by Crippen LogP contribution is 1.97. The third-order valence-electron chi connectivity index (χ3n) is 2.58. The zero-order valence-electron chi connectivity index (χ0n) is 10.1. The molecule has 0 bridgehead atoms. The van der Waals surface area contributed by atoms with Crippen LogP contribution in [0.25, 0.3) is 0 Å². The van der Waals surface area contributed by atoms with Crippen molar-refractivity contribution < 1.29 is 9.53 Å². The molecule has 16 heavy (non-hydrogen) atoms. The fraction of sp³-hybridized carbons (Fsp3) is 0.909. The number of amides is 2. The molecule has 0 aliphatic carbocycles. The number of rotatable bonds is 6. The van der Waals surface area contributed by atoms with Crippen LogP contribution in [-0.4, -0.2) is 56.9 Å². The zero-order valence-corrected chi connectivity index (χ0v) is 10.1. The van der Waals surface area contributed by atoms with Crippen LogP contribution in [0.4, 0.5) is 4.79 Å². The van der Waals surface area contributed by atoms with E-state index in [0.29, 0.717) is 0 Å². The standard InChI is InChI=1S/C11H23N3O2/c1-2-4-12-11(15)13-5-3-6-14-7-9-16-10-8-14/h2-10H2,1H3,(H2,12,13,15). The van der Waals surface area contributed by atoms with E-state index in [0.717, 1.165) is 58.8 Å². The van der Waals surface area contributed by atoms with Gasteiger partial charge in [-0.15, -0.1) is 0 Å². The summed E-state index contributed by atoms with van der Waals surface area (Å²) in [5.41, 5.74) is 0. The first kappa shape index (κ1) is 13.3.